The first-order valence-electron chi connectivity index (χ1n) is 9.84. The molecule has 0 saturated heterocycles. The fourth-order valence-corrected chi connectivity index (χ4v) is 3.22. The molecular formula is C22H25FN4O2. The SMILES string of the molecule is CCCN(CCC)C(=O)c1nc(C(=O)NCc2ccc(F)cc2)c2ccccn12. The number of pyridine rings is 1. The lowest BCUT2D eigenvalue weighted by molar-refractivity contribution is 0.0742. The van der Waals surface area contributed by atoms with Crippen LogP contribution in [0.3, 0.4) is 0 Å². The standard InChI is InChI=1S/C22H25FN4O2/c1-3-12-26(13-4-2)22(29)20-25-19(18-7-5-6-14-27(18)20)21(28)24-15-16-8-10-17(23)11-9-16/h5-11,14H,3-4,12-13,15H2,1-2H3,(H,24,28). The van der Waals surface area contributed by atoms with E-state index in [9.17, 15) is 14.0 Å². The zero-order valence-electron chi connectivity index (χ0n) is 16.7. The molecule has 2 heterocycles. The monoisotopic (exact) mass is 396 g/mol. The summed E-state index contributed by atoms with van der Waals surface area (Å²) in [6.07, 6.45) is 3.43. The summed E-state index contributed by atoms with van der Waals surface area (Å²) in [4.78, 5) is 32.0. The number of rotatable bonds is 8. The van der Waals surface area contributed by atoms with E-state index in [0.717, 1.165) is 18.4 Å². The number of nitrogens with one attached hydrogen (secondary N) is 1. The van der Waals surface area contributed by atoms with Crippen molar-refractivity contribution in [2.75, 3.05) is 13.1 Å². The fourth-order valence-electron chi connectivity index (χ4n) is 3.22. The number of imidazole rings is 1. The van der Waals surface area contributed by atoms with E-state index in [4.69, 9.17) is 0 Å². The van der Waals surface area contributed by atoms with Gasteiger partial charge in [0.1, 0.15) is 5.82 Å². The molecular weight excluding hydrogens is 371 g/mol. The first kappa shape index (κ1) is 20.5. The smallest absolute Gasteiger partial charge is 0.290 e. The highest BCUT2D eigenvalue weighted by Crippen LogP contribution is 2.16. The summed E-state index contributed by atoms with van der Waals surface area (Å²) in [5.41, 5.74) is 1.54. The van der Waals surface area contributed by atoms with Crippen LogP contribution < -0.4 is 5.32 Å². The Kier molecular flexibility index (Phi) is 6.59. The number of carbonyl (C=O) groups is 2. The number of benzene rings is 1. The molecule has 1 aromatic carbocycles. The zero-order valence-corrected chi connectivity index (χ0v) is 16.7. The maximum absolute atomic E-state index is 13.1. The molecule has 6 nitrogen and oxygen atoms in total. The predicted molar refractivity (Wildman–Crippen MR) is 109 cm³/mol. The van der Waals surface area contributed by atoms with Crippen LogP contribution in [0.15, 0.2) is 48.7 Å². The Labute approximate surface area is 169 Å². The molecule has 7 heteroatoms. The van der Waals surface area contributed by atoms with Crippen LogP contribution in [0.25, 0.3) is 5.52 Å². The van der Waals surface area contributed by atoms with Crippen molar-refractivity contribution in [3.63, 3.8) is 0 Å². The van der Waals surface area contributed by atoms with Crippen molar-refractivity contribution in [3.05, 3.63) is 71.6 Å². The maximum Gasteiger partial charge on any atom is 0.290 e. The second-order valence-electron chi connectivity index (χ2n) is 6.84. The third-order valence-corrected chi connectivity index (χ3v) is 4.60. The van der Waals surface area contributed by atoms with Gasteiger partial charge in [-0.05, 0) is 42.7 Å². The van der Waals surface area contributed by atoms with Crippen molar-refractivity contribution >= 4 is 17.3 Å². The lowest BCUT2D eigenvalue weighted by atomic mass is 10.2. The quantitative estimate of drug-likeness (QED) is 0.632. The van der Waals surface area contributed by atoms with Gasteiger partial charge in [-0.15, -0.1) is 0 Å². The van der Waals surface area contributed by atoms with Crippen molar-refractivity contribution in [1.82, 2.24) is 19.6 Å². The van der Waals surface area contributed by atoms with Gasteiger partial charge in [0.05, 0.1) is 5.52 Å². The summed E-state index contributed by atoms with van der Waals surface area (Å²) in [5.74, 6) is -0.663. The number of hydrogen-bond donors (Lipinski definition) is 1. The molecule has 1 N–H and O–H groups in total. The summed E-state index contributed by atoms with van der Waals surface area (Å²) in [5, 5.41) is 2.80. The largest absolute Gasteiger partial charge is 0.347 e. The van der Waals surface area contributed by atoms with E-state index in [1.807, 2.05) is 13.8 Å². The number of amides is 2. The fraction of sp³-hybridized carbons (Fsp3) is 0.318. The third-order valence-electron chi connectivity index (χ3n) is 4.60. The molecule has 3 aromatic rings. The van der Waals surface area contributed by atoms with E-state index in [-0.39, 0.29) is 35.7 Å². The van der Waals surface area contributed by atoms with Gasteiger partial charge in [0.2, 0.25) is 5.82 Å². The molecule has 0 unspecified atom stereocenters. The van der Waals surface area contributed by atoms with Crippen molar-refractivity contribution < 1.29 is 14.0 Å². The van der Waals surface area contributed by atoms with Crippen molar-refractivity contribution in [2.24, 2.45) is 0 Å². The first-order chi connectivity index (χ1) is 14.0. The highest BCUT2D eigenvalue weighted by molar-refractivity contribution is 6.02. The minimum atomic E-state index is -0.380. The number of carbonyl (C=O) groups excluding carboxylic acids is 2. The Morgan fingerprint density at radius 3 is 2.41 bits per heavy atom. The summed E-state index contributed by atoms with van der Waals surface area (Å²) < 4.78 is 14.7. The molecule has 3 rings (SSSR count). The number of hydrogen-bond acceptors (Lipinski definition) is 3. The Morgan fingerprint density at radius 1 is 1.07 bits per heavy atom. The average Bonchev–Trinajstić information content (AvgIpc) is 3.12. The molecule has 29 heavy (non-hydrogen) atoms. The maximum atomic E-state index is 13.1. The van der Waals surface area contributed by atoms with Gasteiger partial charge in [0.25, 0.3) is 11.8 Å². The highest BCUT2D eigenvalue weighted by Gasteiger charge is 2.24. The Bertz CT molecular complexity index is 992. The molecule has 0 radical (unpaired) electrons. The van der Waals surface area contributed by atoms with Crippen LogP contribution in [0.1, 0.15) is 53.4 Å². The first-order valence-corrected chi connectivity index (χ1v) is 9.84. The van der Waals surface area contributed by atoms with Crippen LogP contribution in [-0.4, -0.2) is 39.2 Å². The van der Waals surface area contributed by atoms with Crippen molar-refractivity contribution in [3.8, 4) is 0 Å². The third kappa shape index (κ3) is 4.62. The summed E-state index contributed by atoms with van der Waals surface area (Å²) in [7, 11) is 0. The van der Waals surface area contributed by atoms with Gasteiger partial charge in [-0.1, -0.05) is 32.0 Å². The molecule has 152 valence electrons. The molecule has 2 amide bonds. The van der Waals surface area contributed by atoms with Gasteiger partial charge in [0, 0.05) is 25.8 Å². The second kappa shape index (κ2) is 9.32. The predicted octanol–water partition coefficient (Wildman–Crippen LogP) is 3.67. The summed E-state index contributed by atoms with van der Waals surface area (Å²) in [6, 6.07) is 11.3. The molecule has 0 aliphatic heterocycles. The molecule has 2 aromatic heterocycles. The second-order valence-corrected chi connectivity index (χ2v) is 6.84. The molecule has 0 saturated carbocycles. The minimum absolute atomic E-state index is 0.188. The van der Waals surface area contributed by atoms with Crippen LogP contribution in [-0.2, 0) is 6.54 Å². The molecule has 0 atom stereocenters. The van der Waals surface area contributed by atoms with Crippen LogP contribution >= 0.6 is 0 Å². The van der Waals surface area contributed by atoms with E-state index in [1.165, 1.54) is 12.1 Å². The van der Waals surface area contributed by atoms with E-state index in [2.05, 4.69) is 10.3 Å². The zero-order chi connectivity index (χ0) is 20.8. The van der Waals surface area contributed by atoms with Gasteiger partial charge < -0.3 is 10.2 Å². The number of fused-ring (bicyclic) bond motifs is 1. The topological polar surface area (TPSA) is 66.7 Å². The van der Waals surface area contributed by atoms with Crippen LogP contribution in [0.5, 0.6) is 0 Å². The molecule has 0 bridgehead atoms. The van der Waals surface area contributed by atoms with E-state index in [1.54, 1.807) is 45.8 Å². The van der Waals surface area contributed by atoms with Gasteiger partial charge in [-0.3, -0.25) is 14.0 Å². The van der Waals surface area contributed by atoms with E-state index in [0.29, 0.717) is 18.6 Å². The van der Waals surface area contributed by atoms with Crippen molar-refractivity contribution in [2.45, 2.75) is 33.2 Å². The summed E-state index contributed by atoms with van der Waals surface area (Å²) in [6.45, 7) is 5.56. The Morgan fingerprint density at radius 2 is 1.76 bits per heavy atom. The Balaban J connectivity index is 1.87. The number of nitrogens with zero attached hydrogens (tertiary/aromatic N) is 3. The van der Waals surface area contributed by atoms with Crippen LogP contribution in [0, 0.1) is 5.82 Å². The van der Waals surface area contributed by atoms with Crippen LogP contribution in [0.2, 0.25) is 0 Å². The Hall–Kier alpha value is -3.22. The molecule has 0 aliphatic rings. The number of aromatic nitrogens is 2. The lowest BCUT2D eigenvalue weighted by Gasteiger charge is -2.20. The minimum Gasteiger partial charge on any atom is -0.347 e. The van der Waals surface area contributed by atoms with Gasteiger partial charge in [-0.2, -0.15) is 0 Å². The molecule has 0 fully saturated rings. The number of halogens is 1. The van der Waals surface area contributed by atoms with Gasteiger partial charge >= 0.3 is 0 Å². The van der Waals surface area contributed by atoms with E-state index >= 15 is 0 Å². The lowest BCUT2D eigenvalue weighted by Crippen LogP contribution is -2.33. The van der Waals surface area contributed by atoms with E-state index < -0.39 is 0 Å². The van der Waals surface area contributed by atoms with Crippen molar-refractivity contribution in [1.29, 1.82) is 0 Å². The van der Waals surface area contributed by atoms with Gasteiger partial charge in [0.15, 0.2) is 5.69 Å². The molecule has 0 aliphatic carbocycles. The highest BCUT2D eigenvalue weighted by atomic mass is 19.1. The summed E-state index contributed by atoms with van der Waals surface area (Å²) >= 11 is 0. The van der Waals surface area contributed by atoms with Crippen LogP contribution in [0.4, 0.5) is 4.39 Å². The molecule has 0 spiro atoms. The average molecular weight is 396 g/mol. The van der Waals surface area contributed by atoms with Gasteiger partial charge in [-0.25, -0.2) is 9.37 Å². The normalized spacial score (nSPS) is 10.9.